The molecule has 0 amide bonds. The number of methoxy groups -OCH3 is 1. The fourth-order valence-electron chi connectivity index (χ4n) is 3.40. The SMILES string of the molecule is COCCOc1cc(C2CNCC(c3ccc(CC(F)(F)F)cc3)C2)[nH]n1. The molecule has 0 aliphatic carbocycles. The van der Waals surface area contributed by atoms with Gasteiger partial charge in [0, 0.05) is 37.9 Å². The highest BCUT2D eigenvalue weighted by atomic mass is 19.4. The summed E-state index contributed by atoms with van der Waals surface area (Å²) < 4.78 is 47.9. The topological polar surface area (TPSA) is 59.2 Å². The van der Waals surface area contributed by atoms with Crippen molar-refractivity contribution in [3.8, 4) is 5.88 Å². The zero-order chi connectivity index (χ0) is 19.3. The van der Waals surface area contributed by atoms with E-state index >= 15 is 0 Å². The molecule has 2 heterocycles. The normalized spacial score (nSPS) is 20.6. The van der Waals surface area contributed by atoms with E-state index in [4.69, 9.17) is 9.47 Å². The third-order valence-corrected chi connectivity index (χ3v) is 4.76. The van der Waals surface area contributed by atoms with E-state index in [1.165, 1.54) is 0 Å². The van der Waals surface area contributed by atoms with Gasteiger partial charge in [0.05, 0.1) is 13.0 Å². The minimum atomic E-state index is -4.18. The van der Waals surface area contributed by atoms with Crippen LogP contribution in [-0.4, -0.2) is 49.8 Å². The van der Waals surface area contributed by atoms with Crippen molar-refractivity contribution < 1.29 is 22.6 Å². The number of ether oxygens (including phenoxy) is 2. The van der Waals surface area contributed by atoms with Crippen LogP contribution in [0.2, 0.25) is 0 Å². The zero-order valence-electron chi connectivity index (χ0n) is 15.2. The van der Waals surface area contributed by atoms with E-state index in [-0.39, 0.29) is 17.4 Å². The van der Waals surface area contributed by atoms with Gasteiger partial charge in [-0.1, -0.05) is 24.3 Å². The van der Waals surface area contributed by atoms with Crippen LogP contribution in [0.15, 0.2) is 30.3 Å². The van der Waals surface area contributed by atoms with Gasteiger partial charge in [-0.05, 0) is 23.5 Å². The molecule has 1 aromatic carbocycles. The van der Waals surface area contributed by atoms with Crippen LogP contribution in [0.4, 0.5) is 13.2 Å². The first-order valence-corrected chi connectivity index (χ1v) is 8.98. The van der Waals surface area contributed by atoms with Gasteiger partial charge in [-0.3, -0.25) is 5.10 Å². The van der Waals surface area contributed by atoms with Crippen LogP contribution >= 0.6 is 0 Å². The molecule has 2 unspecified atom stereocenters. The Morgan fingerprint density at radius 2 is 1.85 bits per heavy atom. The van der Waals surface area contributed by atoms with Crippen LogP contribution in [0.5, 0.6) is 5.88 Å². The molecule has 2 atom stereocenters. The molecule has 1 fully saturated rings. The number of hydrogen-bond donors (Lipinski definition) is 2. The summed E-state index contributed by atoms with van der Waals surface area (Å²) in [5.74, 6) is 1.02. The summed E-state index contributed by atoms with van der Waals surface area (Å²) >= 11 is 0. The lowest BCUT2D eigenvalue weighted by molar-refractivity contribution is -0.127. The minimum absolute atomic E-state index is 0.241. The molecule has 2 aromatic rings. The van der Waals surface area contributed by atoms with Crippen molar-refractivity contribution in [3.63, 3.8) is 0 Å². The maximum atomic E-state index is 12.5. The molecule has 0 saturated carbocycles. The molecule has 2 N–H and O–H groups in total. The average molecular weight is 383 g/mol. The van der Waals surface area contributed by atoms with Gasteiger partial charge in [0.25, 0.3) is 0 Å². The van der Waals surface area contributed by atoms with Crippen LogP contribution in [-0.2, 0) is 11.2 Å². The van der Waals surface area contributed by atoms with E-state index < -0.39 is 12.6 Å². The Morgan fingerprint density at radius 3 is 2.56 bits per heavy atom. The van der Waals surface area contributed by atoms with Crippen molar-refractivity contribution in [2.24, 2.45) is 0 Å². The van der Waals surface area contributed by atoms with Gasteiger partial charge in [0.15, 0.2) is 0 Å². The van der Waals surface area contributed by atoms with Gasteiger partial charge in [-0.25, -0.2) is 0 Å². The van der Waals surface area contributed by atoms with Crippen LogP contribution in [0.3, 0.4) is 0 Å². The molecule has 3 rings (SSSR count). The van der Waals surface area contributed by atoms with Gasteiger partial charge in [0.1, 0.15) is 6.61 Å². The summed E-state index contributed by atoms with van der Waals surface area (Å²) in [6.45, 7) is 2.57. The number of nitrogens with one attached hydrogen (secondary N) is 2. The van der Waals surface area contributed by atoms with Crippen LogP contribution in [0, 0.1) is 0 Å². The predicted octanol–water partition coefficient (Wildman–Crippen LogP) is 3.40. The van der Waals surface area contributed by atoms with Crippen LogP contribution in [0.25, 0.3) is 0 Å². The molecule has 148 valence electrons. The standard InChI is InChI=1S/C19H24F3N3O2/c1-26-6-7-27-18-9-17(24-25-18)16-8-15(11-23-12-16)14-4-2-13(3-5-14)10-19(20,21)22/h2-5,9,15-16,23H,6-8,10-12H2,1H3,(H,24,25). The third kappa shape index (κ3) is 5.71. The molecule has 5 nitrogen and oxygen atoms in total. The maximum Gasteiger partial charge on any atom is 0.393 e. The van der Waals surface area contributed by atoms with Crippen molar-refractivity contribution in [2.75, 3.05) is 33.4 Å². The monoisotopic (exact) mass is 383 g/mol. The van der Waals surface area contributed by atoms with Crippen LogP contribution in [0.1, 0.15) is 35.1 Å². The zero-order valence-corrected chi connectivity index (χ0v) is 15.2. The number of piperidine rings is 1. The van der Waals surface area contributed by atoms with Gasteiger partial charge in [-0.2, -0.15) is 13.2 Å². The Labute approximate surface area is 156 Å². The van der Waals surface area contributed by atoms with Crippen molar-refractivity contribution in [2.45, 2.75) is 30.9 Å². The van der Waals surface area contributed by atoms with Gasteiger partial charge < -0.3 is 14.8 Å². The molecule has 0 spiro atoms. The highest BCUT2D eigenvalue weighted by molar-refractivity contribution is 5.28. The van der Waals surface area contributed by atoms with Crippen molar-refractivity contribution >= 4 is 0 Å². The number of nitrogens with zero attached hydrogens (tertiary/aromatic N) is 1. The number of alkyl halides is 3. The molecule has 8 heteroatoms. The van der Waals surface area contributed by atoms with Crippen molar-refractivity contribution in [1.29, 1.82) is 0 Å². The second-order valence-electron chi connectivity index (χ2n) is 6.82. The van der Waals surface area contributed by atoms with Crippen molar-refractivity contribution in [1.82, 2.24) is 15.5 Å². The average Bonchev–Trinajstić information content (AvgIpc) is 3.10. The second kappa shape index (κ2) is 8.75. The van der Waals surface area contributed by atoms with E-state index in [0.717, 1.165) is 30.8 Å². The quantitative estimate of drug-likeness (QED) is 0.720. The molecule has 1 aliphatic rings. The van der Waals surface area contributed by atoms with Gasteiger partial charge in [-0.15, -0.1) is 5.10 Å². The second-order valence-corrected chi connectivity index (χ2v) is 6.82. The molecular formula is C19H24F3N3O2. The van der Waals surface area contributed by atoms with Gasteiger partial charge in [0.2, 0.25) is 5.88 Å². The van der Waals surface area contributed by atoms with Crippen molar-refractivity contribution in [3.05, 3.63) is 47.2 Å². The lowest BCUT2D eigenvalue weighted by Crippen LogP contribution is -2.34. The Morgan fingerprint density at radius 1 is 1.11 bits per heavy atom. The minimum Gasteiger partial charge on any atom is -0.474 e. The lowest BCUT2D eigenvalue weighted by Gasteiger charge is -2.29. The molecule has 27 heavy (non-hydrogen) atoms. The summed E-state index contributed by atoms with van der Waals surface area (Å²) in [4.78, 5) is 0. The van der Waals surface area contributed by atoms with E-state index in [1.807, 2.05) is 18.2 Å². The molecule has 1 saturated heterocycles. The van der Waals surface area contributed by atoms with E-state index in [0.29, 0.717) is 19.1 Å². The highest BCUT2D eigenvalue weighted by Gasteiger charge is 2.28. The lowest BCUT2D eigenvalue weighted by atomic mass is 9.84. The Balaban J connectivity index is 1.60. The third-order valence-electron chi connectivity index (χ3n) is 4.76. The molecule has 0 radical (unpaired) electrons. The number of rotatable bonds is 7. The smallest absolute Gasteiger partial charge is 0.393 e. The first-order chi connectivity index (χ1) is 12.9. The number of benzene rings is 1. The Kier molecular flexibility index (Phi) is 6.38. The highest BCUT2D eigenvalue weighted by Crippen LogP contribution is 2.33. The van der Waals surface area contributed by atoms with E-state index in [9.17, 15) is 13.2 Å². The number of H-pyrrole nitrogens is 1. The fraction of sp³-hybridized carbons (Fsp3) is 0.526. The Bertz CT molecular complexity index is 716. The number of halogens is 3. The first-order valence-electron chi connectivity index (χ1n) is 8.98. The Hall–Kier alpha value is -2.06. The fourth-order valence-corrected chi connectivity index (χ4v) is 3.40. The van der Waals surface area contributed by atoms with E-state index in [1.54, 1.807) is 19.2 Å². The summed E-state index contributed by atoms with van der Waals surface area (Å²) in [5.41, 5.74) is 2.33. The number of aromatic amines is 1. The summed E-state index contributed by atoms with van der Waals surface area (Å²) in [5, 5.41) is 10.6. The number of aromatic nitrogens is 2. The molecule has 1 aromatic heterocycles. The maximum absolute atomic E-state index is 12.5. The summed E-state index contributed by atoms with van der Waals surface area (Å²) in [6.07, 6.45) is -4.17. The van der Waals surface area contributed by atoms with Crippen LogP contribution < -0.4 is 10.1 Å². The summed E-state index contributed by atoms with van der Waals surface area (Å²) in [6, 6.07) is 8.66. The predicted molar refractivity (Wildman–Crippen MR) is 95.1 cm³/mol. The molecular weight excluding hydrogens is 359 g/mol. The number of hydrogen-bond acceptors (Lipinski definition) is 4. The first kappa shape index (κ1) is 19.7. The largest absolute Gasteiger partial charge is 0.474 e. The summed E-state index contributed by atoms with van der Waals surface area (Å²) in [7, 11) is 1.61. The molecule has 0 bridgehead atoms. The van der Waals surface area contributed by atoms with E-state index in [2.05, 4.69) is 15.5 Å². The van der Waals surface area contributed by atoms with Gasteiger partial charge >= 0.3 is 6.18 Å². The molecule has 1 aliphatic heterocycles.